The van der Waals surface area contributed by atoms with Gasteiger partial charge in [0.1, 0.15) is 0 Å². The van der Waals surface area contributed by atoms with Gasteiger partial charge < -0.3 is 24.4 Å². The molecule has 8 nitrogen and oxygen atoms in total. The Morgan fingerprint density at radius 2 is 1.49 bits per heavy atom. The quantitative estimate of drug-likeness (QED) is 0.497. The van der Waals surface area contributed by atoms with Crippen molar-refractivity contribution in [3.05, 3.63) is 83.4 Å². The van der Waals surface area contributed by atoms with Crippen molar-refractivity contribution in [3.8, 4) is 23.0 Å². The van der Waals surface area contributed by atoms with Crippen molar-refractivity contribution in [2.75, 3.05) is 28.4 Å². The van der Waals surface area contributed by atoms with Gasteiger partial charge in [-0.3, -0.25) is 0 Å². The van der Waals surface area contributed by atoms with Crippen LogP contribution in [-0.4, -0.2) is 41.3 Å². The second kappa shape index (κ2) is 9.89. The Kier molecular flexibility index (Phi) is 6.90. The summed E-state index contributed by atoms with van der Waals surface area (Å²) in [5.41, 5.74) is 6.02. The molecule has 9 heteroatoms. The maximum absolute atomic E-state index is 13.8. The molecule has 184 valence electrons. The molecule has 4 rings (SSSR count). The lowest BCUT2D eigenvalue weighted by atomic mass is 10.0. The molecule has 0 saturated carbocycles. The van der Waals surface area contributed by atoms with Gasteiger partial charge in [-0.05, 0) is 49.4 Å². The number of methoxy groups -OCH3 is 4. The fourth-order valence-corrected chi connectivity index (χ4v) is 5.41. The summed E-state index contributed by atoms with van der Waals surface area (Å²) < 4.78 is 50.7. The smallest absolute Gasteiger partial charge is 0.260 e. The van der Waals surface area contributed by atoms with Crippen molar-refractivity contribution in [3.63, 3.8) is 0 Å². The summed E-state index contributed by atoms with van der Waals surface area (Å²) >= 11 is 0. The van der Waals surface area contributed by atoms with Crippen molar-refractivity contribution in [1.82, 2.24) is 9.84 Å². The number of hydrogen-bond donors (Lipinski definition) is 1. The van der Waals surface area contributed by atoms with Crippen LogP contribution in [0.5, 0.6) is 23.0 Å². The SMILES string of the molecule is COc1ccc(C2=C[C@H](c3cccc(OC)c3OC)N(S(=O)(=O)c3ccc(C)cc3)N2)cc1OC. The van der Waals surface area contributed by atoms with E-state index in [0.717, 1.165) is 11.1 Å². The Bertz CT molecular complexity index is 1350. The molecule has 1 atom stereocenters. The fourth-order valence-electron chi connectivity index (χ4n) is 4.01. The average molecular weight is 497 g/mol. The van der Waals surface area contributed by atoms with E-state index in [0.29, 0.717) is 34.3 Å². The van der Waals surface area contributed by atoms with Crippen LogP contribution in [0.4, 0.5) is 0 Å². The van der Waals surface area contributed by atoms with E-state index in [4.69, 9.17) is 18.9 Å². The molecule has 1 heterocycles. The molecule has 0 fully saturated rings. The summed E-state index contributed by atoms with van der Waals surface area (Å²) in [5.74, 6) is 2.06. The zero-order valence-corrected chi connectivity index (χ0v) is 21.0. The van der Waals surface area contributed by atoms with Gasteiger partial charge in [-0.25, -0.2) is 8.42 Å². The lowest BCUT2D eigenvalue weighted by Crippen LogP contribution is -2.39. The monoisotopic (exact) mass is 496 g/mol. The van der Waals surface area contributed by atoms with E-state index >= 15 is 0 Å². The molecule has 0 aromatic heterocycles. The zero-order chi connectivity index (χ0) is 25.2. The Hall–Kier alpha value is -3.69. The first-order valence-corrected chi connectivity index (χ1v) is 12.3. The largest absolute Gasteiger partial charge is 0.493 e. The molecule has 0 aliphatic carbocycles. The van der Waals surface area contributed by atoms with Crippen LogP contribution in [0.3, 0.4) is 0 Å². The van der Waals surface area contributed by atoms with Crippen molar-refractivity contribution in [2.45, 2.75) is 17.9 Å². The van der Waals surface area contributed by atoms with Gasteiger partial charge in [0.25, 0.3) is 10.0 Å². The van der Waals surface area contributed by atoms with E-state index in [9.17, 15) is 8.42 Å². The third kappa shape index (κ3) is 4.52. The van der Waals surface area contributed by atoms with E-state index < -0.39 is 16.1 Å². The summed E-state index contributed by atoms with van der Waals surface area (Å²) in [6.45, 7) is 1.91. The third-order valence-electron chi connectivity index (χ3n) is 5.83. The van der Waals surface area contributed by atoms with Gasteiger partial charge >= 0.3 is 0 Å². The van der Waals surface area contributed by atoms with Crippen LogP contribution >= 0.6 is 0 Å². The predicted molar refractivity (Wildman–Crippen MR) is 133 cm³/mol. The lowest BCUT2D eigenvalue weighted by molar-refractivity contribution is 0.321. The Labute approximate surface area is 205 Å². The molecule has 0 spiro atoms. The first kappa shape index (κ1) is 24.4. The van der Waals surface area contributed by atoms with Crippen molar-refractivity contribution < 1.29 is 27.4 Å². The molecule has 0 amide bonds. The van der Waals surface area contributed by atoms with E-state index in [2.05, 4.69) is 5.43 Å². The zero-order valence-electron chi connectivity index (χ0n) is 20.2. The summed E-state index contributed by atoms with van der Waals surface area (Å²) in [6.07, 6.45) is 1.84. The summed E-state index contributed by atoms with van der Waals surface area (Å²) in [5, 5.41) is 0. The van der Waals surface area contributed by atoms with Gasteiger partial charge in [-0.15, -0.1) is 4.41 Å². The topological polar surface area (TPSA) is 86.3 Å². The maximum Gasteiger partial charge on any atom is 0.260 e. The van der Waals surface area contributed by atoms with Crippen molar-refractivity contribution >= 4 is 15.7 Å². The number of aryl methyl sites for hydroxylation is 1. The average Bonchev–Trinajstić information content (AvgIpc) is 3.34. The number of hydrazine groups is 1. The molecule has 0 radical (unpaired) electrons. The minimum Gasteiger partial charge on any atom is -0.493 e. The van der Waals surface area contributed by atoms with Gasteiger partial charge in [-0.1, -0.05) is 29.8 Å². The number of para-hydroxylation sites is 1. The van der Waals surface area contributed by atoms with Crippen LogP contribution in [0.1, 0.15) is 22.7 Å². The molecule has 0 bridgehead atoms. The lowest BCUT2D eigenvalue weighted by Gasteiger charge is -2.26. The summed E-state index contributed by atoms with van der Waals surface area (Å²) in [4.78, 5) is 0.171. The number of sulfonamides is 1. The van der Waals surface area contributed by atoms with Gasteiger partial charge in [0.15, 0.2) is 23.0 Å². The first-order chi connectivity index (χ1) is 16.8. The van der Waals surface area contributed by atoms with E-state index in [1.54, 1.807) is 69.9 Å². The normalized spacial score (nSPS) is 15.8. The molecule has 1 N–H and O–H groups in total. The molecule has 1 aliphatic rings. The molecule has 0 unspecified atom stereocenters. The highest BCUT2D eigenvalue weighted by atomic mass is 32.2. The van der Waals surface area contributed by atoms with Gasteiger partial charge in [-0.2, -0.15) is 0 Å². The molecule has 3 aromatic rings. The first-order valence-electron chi connectivity index (χ1n) is 10.9. The van der Waals surface area contributed by atoms with Gasteiger partial charge in [0, 0.05) is 11.1 Å². The number of ether oxygens (including phenoxy) is 4. The van der Waals surface area contributed by atoms with E-state index in [-0.39, 0.29) is 4.90 Å². The van der Waals surface area contributed by atoms with Gasteiger partial charge in [0.05, 0.1) is 45.1 Å². The molecular weight excluding hydrogens is 468 g/mol. The second-order valence-corrected chi connectivity index (χ2v) is 9.72. The maximum atomic E-state index is 13.8. The van der Waals surface area contributed by atoms with Crippen LogP contribution < -0.4 is 24.4 Å². The van der Waals surface area contributed by atoms with Crippen molar-refractivity contribution in [1.29, 1.82) is 0 Å². The Morgan fingerprint density at radius 3 is 2.11 bits per heavy atom. The molecule has 35 heavy (non-hydrogen) atoms. The Morgan fingerprint density at radius 1 is 0.800 bits per heavy atom. The van der Waals surface area contributed by atoms with E-state index in [1.807, 2.05) is 25.1 Å². The highest BCUT2D eigenvalue weighted by molar-refractivity contribution is 7.89. The minimum absolute atomic E-state index is 0.171. The molecule has 1 aliphatic heterocycles. The summed E-state index contributed by atoms with van der Waals surface area (Å²) in [7, 11) is 2.24. The number of nitrogens with one attached hydrogen (secondary N) is 1. The minimum atomic E-state index is -3.95. The highest BCUT2D eigenvalue weighted by Crippen LogP contribution is 2.43. The fraction of sp³-hybridized carbons (Fsp3) is 0.231. The van der Waals surface area contributed by atoms with E-state index in [1.165, 1.54) is 11.5 Å². The predicted octanol–water partition coefficient (Wildman–Crippen LogP) is 4.32. The second-order valence-electron chi connectivity index (χ2n) is 7.90. The van der Waals surface area contributed by atoms with Crippen LogP contribution in [-0.2, 0) is 10.0 Å². The highest BCUT2D eigenvalue weighted by Gasteiger charge is 2.39. The number of hydrogen-bond acceptors (Lipinski definition) is 7. The van der Waals surface area contributed by atoms with Crippen LogP contribution in [0.15, 0.2) is 71.6 Å². The summed E-state index contributed by atoms with van der Waals surface area (Å²) in [6, 6.07) is 16.8. The molecular formula is C26H28N2O6S. The van der Waals surface area contributed by atoms with Crippen molar-refractivity contribution in [2.24, 2.45) is 0 Å². The molecule has 3 aromatic carbocycles. The van der Waals surface area contributed by atoms with Gasteiger partial charge in [0.2, 0.25) is 0 Å². The van der Waals surface area contributed by atoms with Crippen LogP contribution in [0, 0.1) is 6.92 Å². The number of rotatable bonds is 8. The number of benzene rings is 3. The van der Waals surface area contributed by atoms with Crippen LogP contribution in [0.2, 0.25) is 0 Å². The Balaban J connectivity index is 1.86. The van der Waals surface area contributed by atoms with Crippen LogP contribution in [0.25, 0.3) is 5.70 Å². The number of nitrogens with zero attached hydrogens (tertiary/aromatic N) is 1. The standard InChI is InChI=1S/C26H28N2O6S/c1-17-9-12-19(13-10-17)35(29,30)28-22(20-7-6-8-24(32-3)26(20)34-5)16-21(27-28)18-11-14-23(31-2)25(15-18)33-4/h6-16,22,27H,1-5H3/t22-/m1/s1. The molecule has 0 saturated heterocycles. The third-order valence-corrected chi connectivity index (χ3v) is 7.54.